The van der Waals surface area contributed by atoms with Crippen LogP contribution in [0.25, 0.3) is 0 Å². The third kappa shape index (κ3) is 5.53. The monoisotopic (exact) mass is 370 g/mol. The number of rotatable bonds is 6. The second kappa shape index (κ2) is 9.30. The lowest BCUT2D eigenvalue weighted by Gasteiger charge is -2.35. The van der Waals surface area contributed by atoms with E-state index in [1.807, 2.05) is 23.9 Å². The maximum Gasteiger partial charge on any atom is 0.134 e. The summed E-state index contributed by atoms with van der Waals surface area (Å²) < 4.78 is 6.03. The summed E-state index contributed by atoms with van der Waals surface area (Å²) in [5.74, 6) is 2.66. The summed E-state index contributed by atoms with van der Waals surface area (Å²) in [5, 5.41) is 9.93. The summed E-state index contributed by atoms with van der Waals surface area (Å²) >= 11 is 8.03. The Morgan fingerprint density at radius 2 is 1.83 bits per heavy atom. The molecule has 0 unspecified atom stereocenters. The minimum absolute atomic E-state index is 0.154. The molecule has 2 saturated heterocycles. The molecule has 0 spiro atoms. The molecule has 0 aliphatic carbocycles. The number of hydrogen-bond donors (Lipinski definition) is 1. The zero-order valence-electron chi connectivity index (χ0n) is 14.1. The van der Waals surface area contributed by atoms with Crippen LogP contribution in [0.15, 0.2) is 18.2 Å². The fourth-order valence-electron chi connectivity index (χ4n) is 3.27. The van der Waals surface area contributed by atoms with Crippen molar-refractivity contribution in [3.63, 3.8) is 0 Å². The molecule has 4 nitrogen and oxygen atoms in total. The summed E-state index contributed by atoms with van der Waals surface area (Å²) in [7, 11) is 0. The zero-order chi connectivity index (χ0) is 16.8. The first-order valence-corrected chi connectivity index (χ1v) is 10.4. The van der Waals surface area contributed by atoms with Crippen molar-refractivity contribution in [2.45, 2.75) is 25.5 Å². The molecule has 1 aromatic rings. The Hall–Kier alpha value is -0.460. The SMILES string of the molecule is Oc1ccc(CN2CCN(CCOC3CCSCC3)CC2)cc1Cl. The molecular formula is C18H27ClN2O2S. The summed E-state index contributed by atoms with van der Waals surface area (Å²) in [4.78, 5) is 4.94. The number of halogens is 1. The molecule has 1 N–H and O–H groups in total. The third-order valence-electron chi connectivity index (χ3n) is 4.81. The minimum atomic E-state index is 0.154. The molecule has 2 aliphatic heterocycles. The van der Waals surface area contributed by atoms with Crippen molar-refractivity contribution >= 4 is 23.4 Å². The maximum atomic E-state index is 9.50. The number of nitrogens with zero attached hydrogens (tertiary/aromatic N) is 2. The smallest absolute Gasteiger partial charge is 0.134 e. The van der Waals surface area contributed by atoms with Gasteiger partial charge in [0.05, 0.1) is 17.7 Å². The highest BCUT2D eigenvalue weighted by molar-refractivity contribution is 7.99. The molecule has 1 aromatic carbocycles. The fraction of sp³-hybridized carbons (Fsp3) is 0.667. The van der Waals surface area contributed by atoms with Crippen LogP contribution >= 0.6 is 23.4 Å². The highest BCUT2D eigenvalue weighted by Gasteiger charge is 2.18. The molecule has 0 saturated carbocycles. The van der Waals surface area contributed by atoms with Crippen molar-refractivity contribution in [3.05, 3.63) is 28.8 Å². The summed E-state index contributed by atoms with van der Waals surface area (Å²) in [6.45, 7) is 7.12. The Labute approximate surface area is 154 Å². The molecule has 0 amide bonds. The van der Waals surface area contributed by atoms with Crippen molar-refractivity contribution in [2.75, 3.05) is 50.8 Å². The Kier molecular flexibility index (Phi) is 7.10. The van der Waals surface area contributed by atoms with E-state index < -0.39 is 0 Å². The summed E-state index contributed by atoms with van der Waals surface area (Å²) in [5.41, 5.74) is 1.16. The van der Waals surface area contributed by atoms with Gasteiger partial charge in [-0.2, -0.15) is 11.8 Å². The Morgan fingerprint density at radius 1 is 1.12 bits per heavy atom. The van der Waals surface area contributed by atoms with E-state index in [2.05, 4.69) is 9.80 Å². The van der Waals surface area contributed by atoms with E-state index in [1.165, 1.54) is 24.3 Å². The van der Waals surface area contributed by atoms with Crippen LogP contribution < -0.4 is 0 Å². The van der Waals surface area contributed by atoms with Gasteiger partial charge >= 0.3 is 0 Å². The lowest BCUT2D eigenvalue weighted by Crippen LogP contribution is -2.47. The van der Waals surface area contributed by atoms with Gasteiger partial charge in [-0.15, -0.1) is 0 Å². The van der Waals surface area contributed by atoms with Crippen LogP contribution in [-0.4, -0.2) is 71.8 Å². The van der Waals surface area contributed by atoms with Gasteiger partial charge in [0.1, 0.15) is 5.75 Å². The molecule has 134 valence electrons. The molecule has 0 aromatic heterocycles. The van der Waals surface area contributed by atoms with Gasteiger partial charge in [0.2, 0.25) is 0 Å². The largest absolute Gasteiger partial charge is 0.506 e. The molecule has 6 heteroatoms. The highest BCUT2D eigenvalue weighted by atomic mass is 35.5. The highest BCUT2D eigenvalue weighted by Crippen LogP contribution is 2.24. The van der Waals surface area contributed by atoms with Gasteiger partial charge in [-0.1, -0.05) is 17.7 Å². The van der Waals surface area contributed by atoms with E-state index in [9.17, 15) is 5.11 Å². The molecule has 0 atom stereocenters. The first-order chi connectivity index (χ1) is 11.7. The lowest BCUT2D eigenvalue weighted by atomic mass is 10.2. The van der Waals surface area contributed by atoms with Crippen molar-refractivity contribution in [2.24, 2.45) is 0 Å². The van der Waals surface area contributed by atoms with Crippen molar-refractivity contribution in [1.29, 1.82) is 0 Å². The summed E-state index contributed by atoms with van der Waals surface area (Å²) in [6, 6.07) is 5.48. The quantitative estimate of drug-likeness (QED) is 0.832. The number of piperazine rings is 1. The van der Waals surface area contributed by atoms with E-state index in [4.69, 9.17) is 16.3 Å². The molecule has 3 rings (SSSR count). The lowest BCUT2D eigenvalue weighted by molar-refractivity contribution is 0.0231. The van der Waals surface area contributed by atoms with Crippen molar-refractivity contribution < 1.29 is 9.84 Å². The van der Waals surface area contributed by atoms with Crippen LogP contribution in [0, 0.1) is 0 Å². The number of phenolic OH excluding ortho intramolecular Hbond substituents is 1. The van der Waals surface area contributed by atoms with Crippen molar-refractivity contribution in [1.82, 2.24) is 9.80 Å². The van der Waals surface area contributed by atoms with Crippen LogP contribution in [0.3, 0.4) is 0 Å². The van der Waals surface area contributed by atoms with Gasteiger partial charge in [0.15, 0.2) is 0 Å². The summed E-state index contributed by atoms with van der Waals surface area (Å²) in [6.07, 6.45) is 2.92. The molecule has 0 radical (unpaired) electrons. The molecular weight excluding hydrogens is 344 g/mol. The van der Waals surface area contributed by atoms with Crippen LogP contribution in [0.1, 0.15) is 18.4 Å². The molecule has 2 aliphatic rings. The van der Waals surface area contributed by atoms with Crippen LogP contribution in [0.2, 0.25) is 5.02 Å². The molecule has 24 heavy (non-hydrogen) atoms. The Balaban J connectivity index is 1.34. The standard InChI is InChI=1S/C18H27ClN2O2S/c19-17-13-15(1-2-18(17)22)14-21-7-5-20(6-8-21)9-10-23-16-3-11-24-12-4-16/h1-2,13,16,22H,3-12,14H2. The maximum absolute atomic E-state index is 9.50. The molecule has 0 bridgehead atoms. The van der Waals surface area contributed by atoms with E-state index in [-0.39, 0.29) is 5.75 Å². The van der Waals surface area contributed by atoms with Gasteiger partial charge in [-0.05, 0) is 42.0 Å². The van der Waals surface area contributed by atoms with Gasteiger partial charge in [0.25, 0.3) is 0 Å². The average Bonchev–Trinajstić information content (AvgIpc) is 2.61. The predicted octanol–water partition coefficient (Wildman–Crippen LogP) is 3.08. The molecule has 2 fully saturated rings. The minimum Gasteiger partial charge on any atom is -0.506 e. The second-order valence-corrected chi connectivity index (χ2v) is 8.22. The van der Waals surface area contributed by atoms with Gasteiger partial charge in [-0.25, -0.2) is 0 Å². The topological polar surface area (TPSA) is 35.9 Å². The van der Waals surface area contributed by atoms with Gasteiger partial charge in [0, 0.05) is 39.3 Å². The van der Waals surface area contributed by atoms with E-state index in [0.29, 0.717) is 11.1 Å². The fourth-order valence-corrected chi connectivity index (χ4v) is 4.54. The first-order valence-electron chi connectivity index (χ1n) is 8.82. The van der Waals surface area contributed by atoms with E-state index >= 15 is 0 Å². The molecule has 2 heterocycles. The zero-order valence-corrected chi connectivity index (χ0v) is 15.7. The number of ether oxygens (including phenoxy) is 1. The number of hydrogen-bond acceptors (Lipinski definition) is 5. The van der Waals surface area contributed by atoms with E-state index in [1.54, 1.807) is 6.07 Å². The van der Waals surface area contributed by atoms with Crippen molar-refractivity contribution in [3.8, 4) is 5.75 Å². The Bertz CT molecular complexity index is 518. The Morgan fingerprint density at radius 3 is 2.54 bits per heavy atom. The average molecular weight is 371 g/mol. The normalized spacial score (nSPS) is 21.2. The van der Waals surface area contributed by atoms with Crippen LogP contribution in [0.4, 0.5) is 0 Å². The van der Waals surface area contributed by atoms with E-state index in [0.717, 1.165) is 51.4 Å². The van der Waals surface area contributed by atoms with Gasteiger partial charge < -0.3 is 9.84 Å². The predicted molar refractivity (Wildman–Crippen MR) is 101 cm³/mol. The van der Waals surface area contributed by atoms with Crippen LogP contribution in [-0.2, 0) is 11.3 Å². The van der Waals surface area contributed by atoms with Gasteiger partial charge in [-0.3, -0.25) is 9.80 Å². The number of thioether (sulfide) groups is 1. The number of aromatic hydroxyl groups is 1. The first kappa shape index (κ1) is 18.3. The second-order valence-electron chi connectivity index (χ2n) is 6.59. The third-order valence-corrected chi connectivity index (χ3v) is 6.16. The number of benzene rings is 1. The number of phenols is 1. The van der Waals surface area contributed by atoms with Crippen LogP contribution in [0.5, 0.6) is 5.75 Å².